The van der Waals surface area contributed by atoms with Gasteiger partial charge in [-0.05, 0) is 30.2 Å². The lowest BCUT2D eigenvalue weighted by Gasteiger charge is -1.97. The Morgan fingerprint density at radius 3 is 3.00 bits per heavy atom. The Bertz CT molecular complexity index is 623. The standard InChI is InChI=1S/C14H12O4/c1-8(4-14(15)16)11-6-10-5-9-2-3-17-12(9)7-13(10)18-11/h4-7H,2-3H2,1H3,(H,15,16)/b8-4-. The monoisotopic (exact) mass is 244 g/mol. The number of rotatable bonds is 2. The van der Waals surface area contributed by atoms with Crippen LogP contribution in [0.25, 0.3) is 16.5 Å². The van der Waals surface area contributed by atoms with Crippen LogP contribution >= 0.6 is 0 Å². The number of benzene rings is 1. The Hall–Kier alpha value is -2.23. The third-order valence-electron chi connectivity index (χ3n) is 3.06. The minimum absolute atomic E-state index is 0.580. The van der Waals surface area contributed by atoms with Crippen molar-refractivity contribution in [3.63, 3.8) is 0 Å². The molecule has 1 N–H and O–H groups in total. The number of hydrogen-bond donors (Lipinski definition) is 1. The molecular weight excluding hydrogens is 232 g/mol. The third kappa shape index (κ3) is 1.76. The molecule has 2 aromatic rings. The van der Waals surface area contributed by atoms with E-state index in [9.17, 15) is 4.79 Å². The summed E-state index contributed by atoms with van der Waals surface area (Å²) in [6, 6.07) is 5.77. The predicted octanol–water partition coefficient (Wildman–Crippen LogP) is 2.86. The molecule has 0 aliphatic carbocycles. The van der Waals surface area contributed by atoms with Gasteiger partial charge < -0.3 is 14.3 Å². The first-order chi connectivity index (χ1) is 8.63. The summed E-state index contributed by atoms with van der Waals surface area (Å²) in [5.41, 5.74) is 2.50. The molecule has 2 heterocycles. The van der Waals surface area contributed by atoms with Crippen LogP contribution in [0.3, 0.4) is 0 Å². The van der Waals surface area contributed by atoms with Crippen molar-refractivity contribution in [2.75, 3.05) is 6.61 Å². The second-order valence-electron chi connectivity index (χ2n) is 4.37. The highest BCUT2D eigenvalue weighted by Crippen LogP contribution is 2.33. The summed E-state index contributed by atoms with van der Waals surface area (Å²) >= 11 is 0. The first kappa shape index (κ1) is 10.9. The van der Waals surface area contributed by atoms with Crippen LogP contribution in [-0.2, 0) is 11.2 Å². The number of carboxylic acids is 1. The van der Waals surface area contributed by atoms with Gasteiger partial charge in [0.05, 0.1) is 6.61 Å². The van der Waals surface area contributed by atoms with Crippen molar-refractivity contribution in [1.29, 1.82) is 0 Å². The summed E-state index contributed by atoms with van der Waals surface area (Å²) in [6.07, 6.45) is 2.05. The van der Waals surface area contributed by atoms with Crippen molar-refractivity contribution in [3.8, 4) is 5.75 Å². The smallest absolute Gasteiger partial charge is 0.328 e. The molecule has 0 amide bonds. The predicted molar refractivity (Wildman–Crippen MR) is 66.7 cm³/mol. The van der Waals surface area contributed by atoms with Crippen LogP contribution in [0.1, 0.15) is 18.2 Å². The first-order valence-corrected chi connectivity index (χ1v) is 5.74. The molecule has 1 aliphatic rings. The van der Waals surface area contributed by atoms with Gasteiger partial charge in [0.1, 0.15) is 17.1 Å². The molecule has 18 heavy (non-hydrogen) atoms. The lowest BCUT2D eigenvalue weighted by atomic mass is 10.1. The average Bonchev–Trinajstić information content (AvgIpc) is 2.88. The molecule has 92 valence electrons. The van der Waals surface area contributed by atoms with Gasteiger partial charge in [-0.1, -0.05) is 0 Å². The van der Waals surface area contributed by atoms with Gasteiger partial charge >= 0.3 is 5.97 Å². The van der Waals surface area contributed by atoms with E-state index in [0.29, 0.717) is 17.9 Å². The van der Waals surface area contributed by atoms with Gasteiger partial charge in [-0.25, -0.2) is 4.79 Å². The van der Waals surface area contributed by atoms with E-state index in [0.717, 1.165) is 29.2 Å². The highest BCUT2D eigenvalue weighted by molar-refractivity contribution is 5.91. The largest absolute Gasteiger partial charge is 0.493 e. The number of allylic oxidation sites excluding steroid dienone is 1. The highest BCUT2D eigenvalue weighted by atomic mass is 16.5. The Morgan fingerprint density at radius 2 is 2.22 bits per heavy atom. The molecule has 0 spiro atoms. The summed E-state index contributed by atoms with van der Waals surface area (Å²) in [5, 5.41) is 9.70. The molecule has 0 radical (unpaired) electrons. The molecule has 0 atom stereocenters. The molecular formula is C14H12O4. The van der Waals surface area contributed by atoms with Crippen molar-refractivity contribution in [3.05, 3.63) is 35.6 Å². The van der Waals surface area contributed by atoms with Gasteiger partial charge in [-0.3, -0.25) is 0 Å². The third-order valence-corrected chi connectivity index (χ3v) is 3.06. The van der Waals surface area contributed by atoms with Gasteiger partial charge in [0.25, 0.3) is 0 Å². The minimum Gasteiger partial charge on any atom is -0.493 e. The fourth-order valence-electron chi connectivity index (χ4n) is 2.17. The lowest BCUT2D eigenvalue weighted by molar-refractivity contribution is -0.131. The second kappa shape index (κ2) is 3.91. The molecule has 0 saturated heterocycles. The number of fused-ring (bicyclic) bond motifs is 2. The Labute approximate surface area is 103 Å². The van der Waals surface area contributed by atoms with Gasteiger partial charge in [-0.2, -0.15) is 0 Å². The van der Waals surface area contributed by atoms with Crippen LogP contribution in [0, 0.1) is 0 Å². The van der Waals surface area contributed by atoms with Crippen molar-refractivity contribution >= 4 is 22.5 Å². The quantitative estimate of drug-likeness (QED) is 0.825. The fourth-order valence-corrected chi connectivity index (χ4v) is 2.17. The number of carbonyl (C=O) groups is 1. The van der Waals surface area contributed by atoms with Gasteiger partial charge in [0, 0.05) is 23.9 Å². The van der Waals surface area contributed by atoms with Gasteiger partial charge in [-0.15, -0.1) is 0 Å². The van der Waals surface area contributed by atoms with E-state index >= 15 is 0 Å². The van der Waals surface area contributed by atoms with Crippen LogP contribution in [-0.4, -0.2) is 17.7 Å². The van der Waals surface area contributed by atoms with Crippen LogP contribution in [0.15, 0.2) is 28.7 Å². The summed E-state index contributed by atoms with van der Waals surface area (Å²) in [4.78, 5) is 10.6. The number of aliphatic carboxylic acids is 1. The molecule has 0 bridgehead atoms. The highest BCUT2D eigenvalue weighted by Gasteiger charge is 2.15. The molecule has 0 unspecified atom stereocenters. The molecule has 1 aromatic heterocycles. The molecule has 3 rings (SSSR count). The molecule has 0 saturated carbocycles. The van der Waals surface area contributed by atoms with E-state index in [4.69, 9.17) is 14.3 Å². The van der Waals surface area contributed by atoms with Crippen molar-refractivity contribution < 1.29 is 19.1 Å². The van der Waals surface area contributed by atoms with E-state index in [-0.39, 0.29) is 0 Å². The van der Waals surface area contributed by atoms with Crippen LogP contribution in [0.2, 0.25) is 0 Å². The van der Waals surface area contributed by atoms with Crippen molar-refractivity contribution in [2.24, 2.45) is 0 Å². The van der Waals surface area contributed by atoms with Gasteiger partial charge in [0.15, 0.2) is 0 Å². The maximum atomic E-state index is 10.6. The number of hydrogen-bond acceptors (Lipinski definition) is 3. The Morgan fingerprint density at radius 1 is 1.39 bits per heavy atom. The SMILES string of the molecule is C/C(=C/C(=O)O)c1cc2cc3c(cc2o1)OCC3. The maximum Gasteiger partial charge on any atom is 0.328 e. The molecule has 0 fully saturated rings. The van der Waals surface area contributed by atoms with Crippen molar-refractivity contribution in [2.45, 2.75) is 13.3 Å². The van der Waals surface area contributed by atoms with E-state index in [1.165, 1.54) is 5.56 Å². The number of furan rings is 1. The number of ether oxygens (including phenoxy) is 1. The minimum atomic E-state index is -0.973. The Kier molecular flexibility index (Phi) is 2.37. The fraction of sp³-hybridized carbons (Fsp3) is 0.214. The molecule has 4 heteroatoms. The molecule has 4 nitrogen and oxygen atoms in total. The Balaban J connectivity index is 2.09. The summed E-state index contributed by atoms with van der Waals surface area (Å²) in [5.74, 6) is 0.470. The zero-order chi connectivity index (χ0) is 12.7. The summed E-state index contributed by atoms with van der Waals surface area (Å²) in [7, 11) is 0. The van der Waals surface area contributed by atoms with E-state index in [1.807, 2.05) is 18.2 Å². The van der Waals surface area contributed by atoms with E-state index < -0.39 is 5.97 Å². The zero-order valence-electron chi connectivity index (χ0n) is 9.90. The number of carboxylic acid groups (broad SMARTS) is 1. The first-order valence-electron chi connectivity index (χ1n) is 5.74. The van der Waals surface area contributed by atoms with E-state index in [1.54, 1.807) is 6.92 Å². The van der Waals surface area contributed by atoms with Crippen molar-refractivity contribution in [1.82, 2.24) is 0 Å². The second-order valence-corrected chi connectivity index (χ2v) is 4.37. The van der Waals surface area contributed by atoms with E-state index in [2.05, 4.69) is 0 Å². The zero-order valence-corrected chi connectivity index (χ0v) is 9.90. The van der Waals surface area contributed by atoms with Crippen LogP contribution in [0.5, 0.6) is 5.75 Å². The molecule has 1 aromatic carbocycles. The lowest BCUT2D eigenvalue weighted by Crippen LogP contribution is -1.88. The average molecular weight is 244 g/mol. The summed E-state index contributed by atoms with van der Waals surface area (Å²) in [6.45, 7) is 2.43. The maximum absolute atomic E-state index is 10.6. The van der Waals surface area contributed by atoms with Crippen LogP contribution < -0.4 is 4.74 Å². The normalized spacial score (nSPS) is 14.6. The van der Waals surface area contributed by atoms with Crippen LogP contribution in [0.4, 0.5) is 0 Å². The topological polar surface area (TPSA) is 59.7 Å². The summed E-state index contributed by atoms with van der Waals surface area (Å²) < 4.78 is 11.1. The molecule has 1 aliphatic heterocycles. The van der Waals surface area contributed by atoms with Gasteiger partial charge in [0.2, 0.25) is 0 Å².